The van der Waals surface area contributed by atoms with Crippen LogP contribution in [-0.4, -0.2) is 30.8 Å². The molecule has 0 amide bonds. The normalized spacial score (nSPS) is 23.0. The molecule has 0 bridgehead atoms. The third kappa shape index (κ3) is 2.86. The van der Waals surface area contributed by atoms with Gasteiger partial charge in [0, 0.05) is 18.0 Å². The monoisotopic (exact) mass is 388 g/mol. The predicted molar refractivity (Wildman–Crippen MR) is 107 cm³/mol. The van der Waals surface area contributed by atoms with Gasteiger partial charge in [0.05, 0.1) is 12.0 Å². The lowest BCUT2D eigenvalue weighted by atomic mass is 9.75. The van der Waals surface area contributed by atoms with Crippen molar-refractivity contribution in [1.82, 2.24) is 14.8 Å². The van der Waals surface area contributed by atoms with E-state index >= 15 is 0 Å². The number of phenolic OH excluding ortho intramolecular Hbond substituents is 2. The summed E-state index contributed by atoms with van der Waals surface area (Å²) in [5, 5.41) is 27.2. The molecule has 7 heteroatoms. The second-order valence-corrected chi connectivity index (χ2v) is 7.63. The number of hydrogen-bond acceptors (Lipinski definition) is 6. The van der Waals surface area contributed by atoms with Gasteiger partial charge in [-0.15, -0.1) is 0 Å². The lowest BCUT2D eigenvalue weighted by Crippen LogP contribution is -2.40. The second kappa shape index (κ2) is 6.48. The standard InChI is InChI=1S/C22H20N4O3/c1-12-2-4-13(5-3-12)15-8-16-20(19(29)10-15)21(26-22(25-16)23-11-24-26)14-6-7-17(27)18(28)9-14/h2-9,11,15,20-21,27-28H,10H2,1H3,(H,23,24,25)/t15-,20+,21+/m1/s1. The van der Waals surface area contributed by atoms with E-state index in [-0.39, 0.29) is 23.2 Å². The molecule has 0 fully saturated rings. The topological polar surface area (TPSA) is 100 Å². The highest BCUT2D eigenvalue weighted by atomic mass is 16.3. The van der Waals surface area contributed by atoms with Crippen molar-refractivity contribution in [2.75, 3.05) is 5.32 Å². The first-order valence-electron chi connectivity index (χ1n) is 9.50. The Kier molecular flexibility index (Phi) is 3.91. The van der Waals surface area contributed by atoms with Gasteiger partial charge in [-0.2, -0.15) is 10.1 Å². The third-order valence-corrected chi connectivity index (χ3v) is 5.74. The summed E-state index contributed by atoms with van der Waals surface area (Å²) in [6.45, 7) is 2.04. The molecule has 2 heterocycles. The number of carbonyl (C=O) groups is 1. The van der Waals surface area contributed by atoms with Crippen molar-refractivity contribution in [2.24, 2.45) is 5.92 Å². The summed E-state index contributed by atoms with van der Waals surface area (Å²) in [6, 6.07) is 12.4. The molecule has 1 aliphatic carbocycles. The Hall–Kier alpha value is -3.61. The molecule has 3 aromatic rings. The number of aromatic nitrogens is 3. The molecular weight excluding hydrogens is 368 g/mol. The molecule has 0 radical (unpaired) electrons. The maximum Gasteiger partial charge on any atom is 0.226 e. The van der Waals surface area contributed by atoms with Crippen LogP contribution in [0.3, 0.4) is 0 Å². The number of aromatic hydroxyl groups is 2. The molecule has 29 heavy (non-hydrogen) atoms. The number of ketones is 1. The average Bonchev–Trinajstić information content (AvgIpc) is 3.17. The number of allylic oxidation sites excluding steroid dienone is 2. The Morgan fingerprint density at radius 3 is 2.59 bits per heavy atom. The van der Waals surface area contributed by atoms with Crippen LogP contribution in [0, 0.1) is 12.8 Å². The number of anilines is 1. The van der Waals surface area contributed by atoms with E-state index in [1.54, 1.807) is 10.7 Å². The summed E-state index contributed by atoms with van der Waals surface area (Å²) >= 11 is 0. The molecule has 5 rings (SSSR count). The van der Waals surface area contributed by atoms with E-state index in [0.717, 1.165) is 11.3 Å². The summed E-state index contributed by atoms with van der Waals surface area (Å²) in [7, 11) is 0. The van der Waals surface area contributed by atoms with Crippen LogP contribution in [-0.2, 0) is 4.79 Å². The van der Waals surface area contributed by atoms with Crippen molar-refractivity contribution < 1.29 is 15.0 Å². The molecule has 3 atom stereocenters. The number of aryl methyl sites for hydroxylation is 1. The quantitative estimate of drug-likeness (QED) is 0.583. The highest BCUT2D eigenvalue weighted by Gasteiger charge is 2.43. The summed E-state index contributed by atoms with van der Waals surface area (Å²) < 4.78 is 1.66. The van der Waals surface area contributed by atoms with Crippen LogP contribution in [0.4, 0.5) is 5.95 Å². The van der Waals surface area contributed by atoms with E-state index in [2.05, 4.69) is 45.7 Å². The van der Waals surface area contributed by atoms with E-state index in [0.29, 0.717) is 17.9 Å². The molecule has 146 valence electrons. The van der Waals surface area contributed by atoms with Crippen molar-refractivity contribution in [3.05, 3.63) is 77.3 Å². The van der Waals surface area contributed by atoms with Crippen LogP contribution < -0.4 is 5.32 Å². The van der Waals surface area contributed by atoms with E-state index < -0.39 is 12.0 Å². The van der Waals surface area contributed by atoms with Crippen molar-refractivity contribution in [3.8, 4) is 11.5 Å². The Balaban J connectivity index is 1.61. The SMILES string of the molecule is Cc1ccc([C@@H]2C=C3Nc4ncnn4[C@@H](c4ccc(O)c(O)c4)[C@@H]3C(=O)C2)cc1. The number of hydrogen-bond donors (Lipinski definition) is 3. The Labute approximate surface area is 167 Å². The Morgan fingerprint density at radius 1 is 1.07 bits per heavy atom. The van der Waals surface area contributed by atoms with Crippen LogP contribution in [0.1, 0.15) is 35.1 Å². The fourth-order valence-electron chi connectivity index (χ4n) is 4.26. The number of phenols is 2. The van der Waals surface area contributed by atoms with E-state index in [1.165, 1.54) is 24.0 Å². The summed E-state index contributed by atoms with van der Waals surface area (Å²) in [6.07, 6.45) is 3.93. The summed E-state index contributed by atoms with van der Waals surface area (Å²) in [5.41, 5.74) is 3.76. The number of nitrogens with one attached hydrogen (secondary N) is 1. The van der Waals surface area contributed by atoms with Gasteiger partial charge < -0.3 is 15.5 Å². The Morgan fingerprint density at radius 2 is 1.83 bits per heavy atom. The lowest BCUT2D eigenvalue weighted by Gasteiger charge is -2.38. The van der Waals surface area contributed by atoms with Crippen molar-refractivity contribution in [1.29, 1.82) is 0 Å². The first kappa shape index (κ1) is 17.5. The van der Waals surface area contributed by atoms with Gasteiger partial charge in [0.25, 0.3) is 0 Å². The van der Waals surface area contributed by atoms with Gasteiger partial charge in [-0.1, -0.05) is 42.0 Å². The minimum Gasteiger partial charge on any atom is -0.504 e. The van der Waals surface area contributed by atoms with Gasteiger partial charge in [-0.25, -0.2) is 4.68 Å². The highest BCUT2D eigenvalue weighted by molar-refractivity contribution is 5.88. The van der Waals surface area contributed by atoms with Gasteiger partial charge in [-0.05, 0) is 30.2 Å². The molecule has 2 aliphatic rings. The molecule has 1 aliphatic heterocycles. The van der Waals surface area contributed by atoms with E-state index in [9.17, 15) is 15.0 Å². The molecular formula is C22H20N4O3. The highest BCUT2D eigenvalue weighted by Crippen LogP contribution is 2.45. The first-order valence-corrected chi connectivity index (χ1v) is 9.50. The number of rotatable bonds is 2. The zero-order chi connectivity index (χ0) is 20.1. The zero-order valence-electron chi connectivity index (χ0n) is 15.8. The van der Waals surface area contributed by atoms with Crippen LogP contribution in [0.25, 0.3) is 0 Å². The third-order valence-electron chi connectivity index (χ3n) is 5.74. The van der Waals surface area contributed by atoms with E-state index in [4.69, 9.17) is 0 Å². The second-order valence-electron chi connectivity index (χ2n) is 7.63. The molecule has 0 saturated carbocycles. The van der Waals surface area contributed by atoms with Gasteiger partial charge >= 0.3 is 0 Å². The number of fused-ring (bicyclic) bond motifs is 2. The largest absolute Gasteiger partial charge is 0.504 e. The van der Waals surface area contributed by atoms with Gasteiger partial charge in [0.2, 0.25) is 5.95 Å². The van der Waals surface area contributed by atoms with Crippen LogP contribution in [0.2, 0.25) is 0 Å². The lowest BCUT2D eigenvalue weighted by molar-refractivity contribution is -0.123. The fourth-order valence-corrected chi connectivity index (χ4v) is 4.26. The van der Waals surface area contributed by atoms with E-state index in [1.807, 2.05) is 6.92 Å². The van der Waals surface area contributed by atoms with Crippen LogP contribution >= 0.6 is 0 Å². The molecule has 7 nitrogen and oxygen atoms in total. The maximum absolute atomic E-state index is 13.3. The molecule has 0 unspecified atom stereocenters. The van der Waals surface area contributed by atoms with Gasteiger partial charge in [0.15, 0.2) is 11.5 Å². The van der Waals surface area contributed by atoms with Crippen molar-refractivity contribution in [3.63, 3.8) is 0 Å². The molecule has 1 aromatic heterocycles. The summed E-state index contributed by atoms with van der Waals surface area (Å²) in [5.74, 6) is -0.262. The van der Waals surface area contributed by atoms with Crippen LogP contribution in [0.5, 0.6) is 11.5 Å². The van der Waals surface area contributed by atoms with Gasteiger partial charge in [-0.3, -0.25) is 4.79 Å². The van der Waals surface area contributed by atoms with Crippen LogP contribution in [0.15, 0.2) is 60.6 Å². The molecule has 0 saturated heterocycles. The molecule has 3 N–H and O–H groups in total. The number of carbonyl (C=O) groups excluding carboxylic acids is 1. The van der Waals surface area contributed by atoms with Gasteiger partial charge in [0.1, 0.15) is 12.1 Å². The molecule has 0 spiro atoms. The number of nitrogens with zero attached hydrogens (tertiary/aromatic N) is 3. The molecule has 2 aromatic carbocycles. The smallest absolute Gasteiger partial charge is 0.226 e. The number of Topliss-reactive ketones (excluding diaryl/α,β-unsaturated/α-hetero) is 1. The predicted octanol–water partition coefficient (Wildman–Crippen LogP) is 3.27. The minimum atomic E-state index is -0.463. The average molecular weight is 388 g/mol. The minimum absolute atomic E-state index is 0.00908. The maximum atomic E-state index is 13.3. The number of benzene rings is 2. The fraction of sp³-hybridized carbons (Fsp3) is 0.227. The summed E-state index contributed by atoms with van der Waals surface area (Å²) in [4.78, 5) is 17.6. The Bertz CT molecular complexity index is 1130. The van der Waals surface area contributed by atoms with Crippen molar-refractivity contribution >= 4 is 11.7 Å². The zero-order valence-corrected chi connectivity index (χ0v) is 15.8. The van der Waals surface area contributed by atoms with Crippen molar-refractivity contribution in [2.45, 2.75) is 25.3 Å². The first-order chi connectivity index (χ1) is 14.0.